The Kier molecular flexibility index (Phi) is 3.97. The first-order valence-corrected chi connectivity index (χ1v) is 7.68. The van der Waals surface area contributed by atoms with Crippen LogP contribution in [0, 0.1) is 0 Å². The van der Waals surface area contributed by atoms with Gasteiger partial charge in [0.25, 0.3) is 5.56 Å². The number of hydrogen-bond acceptors (Lipinski definition) is 4. The molecule has 6 heteroatoms. The number of carbonyl (C=O) groups is 1. The van der Waals surface area contributed by atoms with E-state index < -0.39 is 5.97 Å². The average molecular weight is 325 g/mol. The van der Waals surface area contributed by atoms with Gasteiger partial charge in [-0.2, -0.15) is 5.10 Å². The van der Waals surface area contributed by atoms with E-state index in [1.54, 1.807) is 6.07 Å². The first kappa shape index (κ1) is 16.0. The van der Waals surface area contributed by atoms with Crippen LogP contribution in [0.2, 0.25) is 0 Å². The van der Waals surface area contributed by atoms with Crippen LogP contribution in [0.25, 0.3) is 10.9 Å². The summed E-state index contributed by atoms with van der Waals surface area (Å²) in [6.07, 6.45) is 1.45. The van der Waals surface area contributed by atoms with E-state index in [0.29, 0.717) is 16.8 Å². The number of nitrogens with one attached hydrogen (secondary N) is 2. The Balaban J connectivity index is 1.81. The van der Waals surface area contributed by atoms with Crippen molar-refractivity contribution >= 4 is 16.9 Å². The number of hydrogen-bond donors (Lipinski definition) is 2. The van der Waals surface area contributed by atoms with Crippen LogP contribution >= 0.6 is 0 Å². The summed E-state index contributed by atoms with van der Waals surface area (Å²) in [7, 11) is 0. The van der Waals surface area contributed by atoms with Gasteiger partial charge >= 0.3 is 5.97 Å². The molecular formula is C18H19N3O3. The summed E-state index contributed by atoms with van der Waals surface area (Å²) in [4.78, 5) is 27.2. The lowest BCUT2D eigenvalue weighted by atomic mass is 9.89. The van der Waals surface area contributed by atoms with Crippen LogP contribution < -0.4 is 5.56 Å². The molecule has 0 unspecified atom stereocenters. The Morgan fingerprint density at radius 2 is 2.00 bits per heavy atom. The molecule has 24 heavy (non-hydrogen) atoms. The minimum absolute atomic E-state index is 0.0895. The summed E-state index contributed by atoms with van der Waals surface area (Å²) in [5.41, 5.74) is 1.74. The Morgan fingerprint density at radius 1 is 1.25 bits per heavy atom. The highest BCUT2D eigenvalue weighted by Crippen LogP contribution is 2.24. The number of aromatic amines is 2. The second kappa shape index (κ2) is 5.96. The third-order valence-electron chi connectivity index (χ3n) is 3.80. The topological polar surface area (TPSA) is 87.8 Å². The normalized spacial score (nSPS) is 11.6. The number of rotatable bonds is 3. The molecule has 2 N–H and O–H groups in total. The van der Waals surface area contributed by atoms with Crippen LogP contribution in [-0.2, 0) is 16.8 Å². The van der Waals surface area contributed by atoms with Crippen molar-refractivity contribution in [1.82, 2.24) is 15.2 Å². The van der Waals surface area contributed by atoms with Crippen molar-refractivity contribution in [3.8, 4) is 0 Å². The molecule has 6 nitrogen and oxygen atoms in total. The fraction of sp³-hybridized carbons (Fsp3) is 0.278. The minimum atomic E-state index is -0.499. The Hall–Kier alpha value is -2.89. The van der Waals surface area contributed by atoms with E-state index >= 15 is 0 Å². The van der Waals surface area contributed by atoms with Gasteiger partial charge in [-0.15, -0.1) is 0 Å². The monoisotopic (exact) mass is 325 g/mol. The fourth-order valence-corrected chi connectivity index (χ4v) is 2.53. The van der Waals surface area contributed by atoms with Crippen LogP contribution in [0.1, 0.15) is 42.4 Å². The largest absolute Gasteiger partial charge is 0.457 e. The van der Waals surface area contributed by atoms with Crippen LogP contribution in [0.15, 0.2) is 41.3 Å². The van der Waals surface area contributed by atoms with E-state index in [1.807, 2.05) is 45.0 Å². The molecule has 0 aliphatic carbocycles. The molecule has 0 spiro atoms. The number of H-pyrrole nitrogens is 2. The quantitative estimate of drug-likeness (QED) is 0.725. The number of benzene rings is 1. The first-order chi connectivity index (χ1) is 11.4. The van der Waals surface area contributed by atoms with Gasteiger partial charge in [0.05, 0.1) is 17.5 Å². The molecule has 2 aromatic heterocycles. The van der Waals surface area contributed by atoms with Crippen LogP contribution in [0.4, 0.5) is 0 Å². The van der Waals surface area contributed by atoms with E-state index in [2.05, 4.69) is 15.2 Å². The predicted octanol–water partition coefficient (Wildman–Crippen LogP) is 2.91. The minimum Gasteiger partial charge on any atom is -0.457 e. The van der Waals surface area contributed by atoms with E-state index in [1.165, 1.54) is 6.20 Å². The summed E-state index contributed by atoms with van der Waals surface area (Å²) < 4.78 is 5.32. The molecule has 0 aliphatic rings. The molecule has 0 amide bonds. The second-order valence-electron chi connectivity index (χ2n) is 6.70. The standard InChI is InChI=1S/C18H19N3O3/c1-18(2,3)15-13(9-19-21-15)17(23)24-10-12-8-11-6-4-5-7-14(11)20-16(12)22/h4-9H,10H2,1-3H3,(H,19,21)(H,20,22). The van der Waals surface area contributed by atoms with Gasteiger partial charge in [0.2, 0.25) is 0 Å². The van der Waals surface area contributed by atoms with E-state index in [-0.39, 0.29) is 17.6 Å². The van der Waals surface area contributed by atoms with Gasteiger partial charge in [-0.3, -0.25) is 9.89 Å². The maximum Gasteiger partial charge on any atom is 0.341 e. The van der Waals surface area contributed by atoms with Crippen molar-refractivity contribution < 1.29 is 9.53 Å². The summed E-state index contributed by atoms with van der Waals surface area (Å²) in [6, 6.07) is 9.20. The number of carbonyl (C=O) groups excluding carboxylic acids is 1. The number of esters is 1. The van der Waals surface area contributed by atoms with Gasteiger partial charge in [0, 0.05) is 10.9 Å². The number of ether oxygens (including phenoxy) is 1. The molecule has 0 saturated heterocycles. The third-order valence-corrected chi connectivity index (χ3v) is 3.80. The Labute approximate surface area is 138 Å². The lowest BCUT2D eigenvalue weighted by Crippen LogP contribution is -2.19. The second-order valence-corrected chi connectivity index (χ2v) is 6.70. The predicted molar refractivity (Wildman–Crippen MR) is 91.0 cm³/mol. The highest BCUT2D eigenvalue weighted by Gasteiger charge is 2.25. The summed E-state index contributed by atoms with van der Waals surface area (Å²) in [5, 5.41) is 7.66. The van der Waals surface area contributed by atoms with Crippen molar-refractivity contribution in [3.63, 3.8) is 0 Å². The molecular weight excluding hydrogens is 306 g/mol. The molecule has 124 valence electrons. The molecule has 2 heterocycles. The maximum atomic E-state index is 12.3. The highest BCUT2D eigenvalue weighted by molar-refractivity contribution is 5.90. The molecule has 0 aliphatic heterocycles. The van der Waals surface area contributed by atoms with E-state index in [9.17, 15) is 9.59 Å². The number of pyridine rings is 1. The molecule has 0 fully saturated rings. The molecule has 0 radical (unpaired) electrons. The smallest absolute Gasteiger partial charge is 0.341 e. The number of aromatic nitrogens is 3. The van der Waals surface area contributed by atoms with Gasteiger partial charge in [0.15, 0.2) is 0 Å². The van der Waals surface area contributed by atoms with Gasteiger partial charge in [-0.05, 0) is 17.5 Å². The lowest BCUT2D eigenvalue weighted by Gasteiger charge is -2.17. The number of fused-ring (bicyclic) bond motifs is 1. The molecule has 3 rings (SSSR count). The zero-order valence-corrected chi connectivity index (χ0v) is 13.8. The van der Waals surface area contributed by atoms with Crippen LogP contribution in [0.3, 0.4) is 0 Å². The van der Waals surface area contributed by atoms with Crippen molar-refractivity contribution in [1.29, 1.82) is 0 Å². The maximum absolute atomic E-state index is 12.3. The SMILES string of the molecule is CC(C)(C)c1[nH]ncc1C(=O)OCc1cc2ccccc2[nH]c1=O. The number of para-hydroxylation sites is 1. The average Bonchev–Trinajstić information content (AvgIpc) is 3.02. The summed E-state index contributed by atoms with van der Waals surface area (Å²) >= 11 is 0. The van der Waals surface area contributed by atoms with Crippen molar-refractivity contribution in [2.45, 2.75) is 32.8 Å². The van der Waals surface area contributed by atoms with Crippen molar-refractivity contribution in [2.75, 3.05) is 0 Å². The Morgan fingerprint density at radius 3 is 2.75 bits per heavy atom. The Bertz CT molecular complexity index is 948. The highest BCUT2D eigenvalue weighted by atomic mass is 16.5. The lowest BCUT2D eigenvalue weighted by molar-refractivity contribution is 0.0468. The van der Waals surface area contributed by atoms with E-state index in [0.717, 1.165) is 10.9 Å². The number of nitrogens with zero attached hydrogens (tertiary/aromatic N) is 1. The first-order valence-electron chi connectivity index (χ1n) is 7.68. The zero-order chi connectivity index (χ0) is 17.3. The van der Waals surface area contributed by atoms with Gasteiger partial charge in [-0.1, -0.05) is 39.0 Å². The summed E-state index contributed by atoms with van der Waals surface area (Å²) in [5.74, 6) is -0.499. The van der Waals surface area contributed by atoms with Crippen LogP contribution in [-0.4, -0.2) is 21.2 Å². The molecule has 0 atom stereocenters. The van der Waals surface area contributed by atoms with Crippen molar-refractivity contribution in [2.24, 2.45) is 0 Å². The van der Waals surface area contributed by atoms with Gasteiger partial charge in [0.1, 0.15) is 12.2 Å². The molecule has 0 bridgehead atoms. The summed E-state index contributed by atoms with van der Waals surface area (Å²) in [6.45, 7) is 5.84. The zero-order valence-electron chi connectivity index (χ0n) is 13.8. The molecule has 3 aromatic rings. The van der Waals surface area contributed by atoms with Crippen molar-refractivity contribution in [3.05, 3.63) is 63.7 Å². The van der Waals surface area contributed by atoms with Crippen LogP contribution in [0.5, 0.6) is 0 Å². The third kappa shape index (κ3) is 3.08. The fourth-order valence-electron chi connectivity index (χ4n) is 2.53. The van der Waals surface area contributed by atoms with Gasteiger partial charge < -0.3 is 9.72 Å². The van der Waals surface area contributed by atoms with E-state index in [4.69, 9.17) is 4.74 Å². The van der Waals surface area contributed by atoms with Gasteiger partial charge in [-0.25, -0.2) is 4.79 Å². The molecule has 1 aromatic carbocycles. The molecule has 0 saturated carbocycles.